The van der Waals surface area contributed by atoms with Gasteiger partial charge in [0.2, 0.25) is 5.78 Å². The van der Waals surface area contributed by atoms with E-state index >= 15 is 0 Å². The summed E-state index contributed by atoms with van der Waals surface area (Å²) in [4.78, 5) is 8.76. The van der Waals surface area contributed by atoms with Crippen molar-refractivity contribution in [2.75, 3.05) is 0 Å². The van der Waals surface area contributed by atoms with E-state index in [1.165, 1.54) is 0 Å². The molecule has 0 aliphatic carbocycles. The summed E-state index contributed by atoms with van der Waals surface area (Å²) in [7, 11) is -1.47. The standard InChI is InChI=1S/C18H14BN3O2/c23-19(24)16-8-6-14(7-9-16)17-11-21-18-20-10-15(12-22(17)18)13-4-2-1-3-5-13/h1-12,23-24H. The van der Waals surface area contributed by atoms with Crippen LogP contribution in [0.1, 0.15) is 0 Å². The number of hydrogen-bond acceptors (Lipinski definition) is 4. The Bertz CT molecular complexity index is 982. The Morgan fingerprint density at radius 2 is 1.46 bits per heavy atom. The molecule has 0 amide bonds. The number of fused-ring (bicyclic) bond motifs is 1. The van der Waals surface area contributed by atoms with Gasteiger partial charge in [0, 0.05) is 23.5 Å². The lowest BCUT2D eigenvalue weighted by Gasteiger charge is -2.06. The van der Waals surface area contributed by atoms with Crippen molar-refractivity contribution in [3.63, 3.8) is 0 Å². The van der Waals surface area contributed by atoms with Crippen molar-refractivity contribution < 1.29 is 10.0 Å². The Morgan fingerprint density at radius 1 is 0.750 bits per heavy atom. The van der Waals surface area contributed by atoms with E-state index in [-0.39, 0.29) is 0 Å². The zero-order valence-electron chi connectivity index (χ0n) is 12.7. The van der Waals surface area contributed by atoms with Gasteiger partial charge in [-0.15, -0.1) is 0 Å². The van der Waals surface area contributed by atoms with Crippen molar-refractivity contribution in [2.24, 2.45) is 0 Å². The number of nitrogens with zero attached hydrogens (tertiary/aromatic N) is 3. The van der Waals surface area contributed by atoms with Gasteiger partial charge in [-0.25, -0.2) is 9.97 Å². The minimum absolute atomic E-state index is 0.454. The minimum atomic E-state index is -1.47. The van der Waals surface area contributed by atoms with E-state index < -0.39 is 7.12 Å². The van der Waals surface area contributed by atoms with E-state index in [2.05, 4.69) is 9.97 Å². The molecule has 0 spiro atoms. The van der Waals surface area contributed by atoms with Crippen molar-refractivity contribution in [2.45, 2.75) is 0 Å². The zero-order chi connectivity index (χ0) is 16.5. The molecule has 0 bridgehead atoms. The Morgan fingerprint density at radius 3 is 2.17 bits per heavy atom. The molecule has 4 rings (SSSR count). The summed E-state index contributed by atoms with van der Waals surface area (Å²) in [5, 5.41) is 18.4. The van der Waals surface area contributed by atoms with Crippen LogP contribution in [-0.2, 0) is 0 Å². The maximum atomic E-state index is 9.21. The smallest absolute Gasteiger partial charge is 0.423 e. The quantitative estimate of drug-likeness (QED) is 0.565. The first-order valence-corrected chi connectivity index (χ1v) is 7.57. The molecule has 0 aliphatic rings. The molecule has 2 heterocycles. The van der Waals surface area contributed by atoms with Gasteiger partial charge in [-0.05, 0) is 11.0 Å². The predicted molar refractivity (Wildman–Crippen MR) is 93.7 cm³/mol. The molecular weight excluding hydrogens is 301 g/mol. The number of hydrogen-bond donors (Lipinski definition) is 2. The van der Waals surface area contributed by atoms with Crippen molar-refractivity contribution in [1.29, 1.82) is 0 Å². The van der Waals surface area contributed by atoms with Gasteiger partial charge in [-0.1, -0.05) is 54.6 Å². The van der Waals surface area contributed by atoms with Crippen LogP contribution in [0.25, 0.3) is 28.2 Å². The first kappa shape index (κ1) is 14.6. The third-order valence-electron chi connectivity index (χ3n) is 3.98. The van der Waals surface area contributed by atoms with Crippen LogP contribution in [0.15, 0.2) is 73.2 Å². The van der Waals surface area contributed by atoms with Gasteiger partial charge in [0.05, 0.1) is 11.9 Å². The highest BCUT2D eigenvalue weighted by Crippen LogP contribution is 2.23. The summed E-state index contributed by atoms with van der Waals surface area (Å²) in [6.45, 7) is 0. The average molecular weight is 315 g/mol. The van der Waals surface area contributed by atoms with E-state index in [4.69, 9.17) is 0 Å². The lowest BCUT2D eigenvalue weighted by atomic mass is 9.80. The highest BCUT2D eigenvalue weighted by molar-refractivity contribution is 6.58. The molecule has 0 fully saturated rings. The molecule has 0 radical (unpaired) electrons. The Hall–Kier alpha value is -2.96. The fourth-order valence-electron chi connectivity index (χ4n) is 2.69. The summed E-state index contributed by atoms with van der Waals surface area (Å²) in [6.07, 6.45) is 5.59. The molecule has 0 atom stereocenters. The fraction of sp³-hybridized carbons (Fsp3) is 0. The second-order valence-corrected chi connectivity index (χ2v) is 5.52. The van der Waals surface area contributed by atoms with E-state index in [1.807, 2.05) is 59.3 Å². The second kappa shape index (κ2) is 5.92. The fourth-order valence-corrected chi connectivity index (χ4v) is 2.69. The first-order valence-electron chi connectivity index (χ1n) is 7.57. The van der Waals surface area contributed by atoms with Gasteiger partial charge in [-0.2, -0.15) is 0 Å². The van der Waals surface area contributed by atoms with E-state index in [1.54, 1.807) is 18.3 Å². The average Bonchev–Trinajstić information content (AvgIpc) is 3.05. The largest absolute Gasteiger partial charge is 0.488 e. The Balaban J connectivity index is 1.81. The van der Waals surface area contributed by atoms with Crippen molar-refractivity contribution >= 4 is 18.4 Å². The molecule has 0 saturated carbocycles. The van der Waals surface area contributed by atoms with Gasteiger partial charge in [0.15, 0.2) is 0 Å². The number of imidazole rings is 1. The summed E-state index contributed by atoms with van der Waals surface area (Å²) in [6, 6.07) is 17.1. The maximum absolute atomic E-state index is 9.21. The molecule has 0 aliphatic heterocycles. The molecule has 116 valence electrons. The summed E-state index contributed by atoms with van der Waals surface area (Å²) >= 11 is 0. The van der Waals surface area contributed by atoms with Crippen LogP contribution in [0.4, 0.5) is 0 Å². The van der Waals surface area contributed by atoms with Gasteiger partial charge in [0.25, 0.3) is 0 Å². The first-order chi connectivity index (χ1) is 11.7. The molecule has 2 aromatic carbocycles. The highest BCUT2D eigenvalue weighted by atomic mass is 16.4. The van der Waals surface area contributed by atoms with Gasteiger partial charge >= 0.3 is 7.12 Å². The predicted octanol–water partition coefficient (Wildman–Crippen LogP) is 1.74. The normalized spacial score (nSPS) is 10.9. The summed E-state index contributed by atoms with van der Waals surface area (Å²) in [5.74, 6) is 0.621. The Kier molecular flexibility index (Phi) is 3.61. The zero-order valence-corrected chi connectivity index (χ0v) is 12.7. The molecule has 24 heavy (non-hydrogen) atoms. The van der Waals surface area contributed by atoms with Crippen LogP contribution in [0, 0.1) is 0 Å². The molecule has 6 heteroatoms. The van der Waals surface area contributed by atoms with Crippen LogP contribution >= 0.6 is 0 Å². The minimum Gasteiger partial charge on any atom is -0.423 e. The van der Waals surface area contributed by atoms with E-state index in [0.29, 0.717) is 11.2 Å². The van der Waals surface area contributed by atoms with Crippen molar-refractivity contribution in [1.82, 2.24) is 14.4 Å². The maximum Gasteiger partial charge on any atom is 0.488 e. The van der Waals surface area contributed by atoms with Crippen LogP contribution in [0.5, 0.6) is 0 Å². The topological polar surface area (TPSA) is 70.7 Å². The summed E-state index contributed by atoms with van der Waals surface area (Å²) < 4.78 is 1.94. The molecule has 5 nitrogen and oxygen atoms in total. The van der Waals surface area contributed by atoms with Crippen LogP contribution in [0.3, 0.4) is 0 Å². The third-order valence-corrected chi connectivity index (χ3v) is 3.98. The highest BCUT2D eigenvalue weighted by Gasteiger charge is 2.12. The molecule has 2 N–H and O–H groups in total. The van der Waals surface area contributed by atoms with E-state index in [0.717, 1.165) is 22.4 Å². The molecule has 0 unspecified atom stereocenters. The third kappa shape index (κ3) is 2.58. The van der Waals surface area contributed by atoms with Gasteiger partial charge < -0.3 is 10.0 Å². The van der Waals surface area contributed by atoms with Crippen LogP contribution in [-0.4, -0.2) is 31.5 Å². The second-order valence-electron chi connectivity index (χ2n) is 5.52. The molecule has 2 aromatic heterocycles. The summed E-state index contributed by atoms with van der Waals surface area (Å²) in [5.41, 5.74) is 4.37. The van der Waals surface area contributed by atoms with E-state index in [9.17, 15) is 10.0 Å². The molecule has 0 saturated heterocycles. The number of benzene rings is 2. The Labute approximate surface area is 139 Å². The van der Waals surface area contributed by atoms with Crippen LogP contribution < -0.4 is 5.46 Å². The molecular formula is C18H14BN3O2. The lowest BCUT2D eigenvalue weighted by Crippen LogP contribution is -2.29. The van der Waals surface area contributed by atoms with Crippen molar-refractivity contribution in [3.05, 3.63) is 73.2 Å². The van der Waals surface area contributed by atoms with Crippen LogP contribution in [0.2, 0.25) is 0 Å². The van der Waals surface area contributed by atoms with Crippen molar-refractivity contribution in [3.8, 4) is 22.4 Å². The van der Waals surface area contributed by atoms with Gasteiger partial charge in [-0.3, -0.25) is 4.40 Å². The lowest BCUT2D eigenvalue weighted by molar-refractivity contribution is 0.426. The monoisotopic (exact) mass is 315 g/mol. The molecule has 4 aromatic rings. The number of aromatic nitrogens is 3. The SMILES string of the molecule is OB(O)c1ccc(-c2cnc3ncc(-c4ccccc4)cn23)cc1. The number of rotatable bonds is 3. The van der Waals surface area contributed by atoms with Gasteiger partial charge in [0.1, 0.15) is 0 Å².